The lowest BCUT2D eigenvalue weighted by Crippen LogP contribution is -2.46. The molecule has 0 rings (SSSR count). The summed E-state index contributed by atoms with van der Waals surface area (Å²) in [6.45, 7) is 2.98. The van der Waals surface area contributed by atoms with Gasteiger partial charge in [0.2, 0.25) is 0 Å². The zero-order chi connectivity index (χ0) is 13.5. The lowest BCUT2D eigenvalue weighted by Gasteiger charge is -2.30. The molecule has 0 saturated heterocycles. The minimum atomic E-state index is -3.35. The molecule has 0 amide bonds. The Balaban J connectivity index is 4.66. The highest BCUT2D eigenvalue weighted by Crippen LogP contribution is 2.14. The third-order valence-electron chi connectivity index (χ3n) is 2.78. The van der Waals surface area contributed by atoms with Crippen molar-refractivity contribution < 1.29 is 8.42 Å². The molecule has 1 atom stereocenters. The Morgan fingerprint density at radius 2 is 1.94 bits per heavy atom. The summed E-state index contributed by atoms with van der Waals surface area (Å²) < 4.78 is 27.3. The van der Waals surface area contributed by atoms with Crippen molar-refractivity contribution in [3.8, 4) is 0 Å². The van der Waals surface area contributed by atoms with Crippen molar-refractivity contribution in [2.45, 2.75) is 25.8 Å². The van der Waals surface area contributed by atoms with Crippen LogP contribution in [0.15, 0.2) is 0 Å². The average Bonchev–Trinajstić information content (AvgIpc) is 2.31. The number of hydrogen-bond acceptors (Lipinski definition) is 4. The molecule has 0 aromatic rings. The van der Waals surface area contributed by atoms with Crippen molar-refractivity contribution in [1.82, 2.24) is 8.61 Å². The van der Waals surface area contributed by atoms with E-state index in [4.69, 9.17) is 5.73 Å². The van der Waals surface area contributed by atoms with E-state index in [2.05, 4.69) is 0 Å². The van der Waals surface area contributed by atoms with Gasteiger partial charge in [-0.1, -0.05) is 6.92 Å². The first-order valence-corrected chi connectivity index (χ1v) is 8.59. The van der Waals surface area contributed by atoms with Gasteiger partial charge in [0, 0.05) is 32.4 Å². The molecule has 0 aromatic carbocycles. The molecular formula is C10H25N3O2S2. The topological polar surface area (TPSA) is 66.6 Å². The molecule has 0 aliphatic carbocycles. The molecule has 0 aliphatic heterocycles. The predicted molar refractivity (Wildman–Crippen MR) is 75.4 cm³/mol. The standard InChI is InChI=1S/C10H25N3O2S2/c1-5-10(9-16-4)13(3)17(14,15)12(2)8-6-7-11/h10H,5-9,11H2,1-4H3. The molecule has 0 fully saturated rings. The summed E-state index contributed by atoms with van der Waals surface area (Å²) in [4.78, 5) is 0. The highest BCUT2D eigenvalue weighted by atomic mass is 32.2. The van der Waals surface area contributed by atoms with Crippen molar-refractivity contribution in [2.75, 3.05) is 39.2 Å². The lowest BCUT2D eigenvalue weighted by molar-refractivity contribution is 0.341. The van der Waals surface area contributed by atoms with Gasteiger partial charge in [-0.05, 0) is 25.6 Å². The van der Waals surface area contributed by atoms with E-state index in [1.54, 1.807) is 25.9 Å². The van der Waals surface area contributed by atoms with Gasteiger partial charge in [-0.15, -0.1) is 0 Å². The molecule has 0 heterocycles. The molecule has 0 saturated carbocycles. The van der Waals surface area contributed by atoms with Gasteiger partial charge in [0.05, 0.1) is 0 Å². The summed E-state index contributed by atoms with van der Waals surface area (Å²) in [5.74, 6) is 0.816. The van der Waals surface area contributed by atoms with E-state index in [9.17, 15) is 8.42 Å². The molecule has 1 unspecified atom stereocenters. The highest BCUT2D eigenvalue weighted by molar-refractivity contribution is 7.98. The first-order chi connectivity index (χ1) is 7.91. The molecular weight excluding hydrogens is 258 g/mol. The van der Waals surface area contributed by atoms with E-state index in [-0.39, 0.29) is 6.04 Å². The normalized spacial score (nSPS) is 14.5. The van der Waals surface area contributed by atoms with Crippen LogP contribution in [0, 0.1) is 0 Å². The largest absolute Gasteiger partial charge is 0.330 e. The van der Waals surface area contributed by atoms with E-state index in [0.29, 0.717) is 19.5 Å². The molecule has 0 bridgehead atoms. The quantitative estimate of drug-likeness (QED) is 0.672. The van der Waals surface area contributed by atoms with E-state index in [0.717, 1.165) is 12.2 Å². The second-order valence-corrected chi connectivity index (χ2v) is 7.01. The van der Waals surface area contributed by atoms with Crippen molar-refractivity contribution in [3.63, 3.8) is 0 Å². The summed E-state index contributed by atoms with van der Waals surface area (Å²) in [6.07, 6.45) is 3.49. The van der Waals surface area contributed by atoms with Gasteiger partial charge in [0.1, 0.15) is 0 Å². The van der Waals surface area contributed by atoms with Gasteiger partial charge >= 0.3 is 0 Å². The fourth-order valence-corrected chi connectivity index (χ4v) is 3.85. The van der Waals surface area contributed by atoms with Gasteiger partial charge in [0.15, 0.2) is 0 Å². The zero-order valence-electron chi connectivity index (χ0n) is 11.2. The van der Waals surface area contributed by atoms with Gasteiger partial charge < -0.3 is 5.73 Å². The predicted octanol–water partition coefficient (Wildman–Crippen LogP) is 0.585. The minimum Gasteiger partial charge on any atom is -0.330 e. The molecule has 7 heteroatoms. The van der Waals surface area contributed by atoms with Gasteiger partial charge in [-0.25, -0.2) is 0 Å². The zero-order valence-corrected chi connectivity index (χ0v) is 12.9. The van der Waals surface area contributed by atoms with Crippen LogP contribution < -0.4 is 5.73 Å². The molecule has 0 aliphatic rings. The van der Waals surface area contributed by atoms with Crippen LogP contribution in [0.1, 0.15) is 19.8 Å². The Morgan fingerprint density at radius 3 is 2.35 bits per heavy atom. The van der Waals surface area contributed by atoms with Crippen LogP contribution in [-0.4, -0.2) is 62.3 Å². The molecule has 104 valence electrons. The van der Waals surface area contributed by atoms with Crippen LogP contribution in [0.25, 0.3) is 0 Å². The van der Waals surface area contributed by atoms with Crippen LogP contribution >= 0.6 is 11.8 Å². The summed E-state index contributed by atoms with van der Waals surface area (Å²) in [5, 5.41) is 0. The maximum absolute atomic E-state index is 12.2. The van der Waals surface area contributed by atoms with Crippen LogP contribution in [0.3, 0.4) is 0 Å². The van der Waals surface area contributed by atoms with Crippen LogP contribution in [-0.2, 0) is 10.2 Å². The fraction of sp³-hybridized carbons (Fsp3) is 1.00. The monoisotopic (exact) mass is 283 g/mol. The third-order valence-corrected chi connectivity index (χ3v) is 5.49. The van der Waals surface area contributed by atoms with E-state index in [1.807, 2.05) is 13.2 Å². The molecule has 5 nitrogen and oxygen atoms in total. The Kier molecular flexibility index (Phi) is 8.40. The van der Waals surface area contributed by atoms with Crippen molar-refractivity contribution in [3.05, 3.63) is 0 Å². The number of rotatable bonds is 9. The van der Waals surface area contributed by atoms with Crippen LogP contribution in [0.5, 0.6) is 0 Å². The fourth-order valence-electron chi connectivity index (χ4n) is 1.51. The smallest absolute Gasteiger partial charge is 0.281 e. The third kappa shape index (κ3) is 5.13. The van der Waals surface area contributed by atoms with Gasteiger partial charge in [-0.2, -0.15) is 28.8 Å². The molecule has 17 heavy (non-hydrogen) atoms. The van der Waals surface area contributed by atoms with Gasteiger partial charge in [0.25, 0.3) is 10.2 Å². The van der Waals surface area contributed by atoms with Crippen LogP contribution in [0.2, 0.25) is 0 Å². The number of thioether (sulfide) groups is 1. The van der Waals surface area contributed by atoms with Crippen LogP contribution in [0.4, 0.5) is 0 Å². The van der Waals surface area contributed by atoms with Crippen molar-refractivity contribution in [2.24, 2.45) is 5.73 Å². The van der Waals surface area contributed by atoms with Crippen molar-refractivity contribution >= 4 is 22.0 Å². The van der Waals surface area contributed by atoms with Crippen molar-refractivity contribution in [1.29, 1.82) is 0 Å². The maximum Gasteiger partial charge on any atom is 0.281 e. The second kappa shape index (κ2) is 8.31. The number of hydrogen-bond donors (Lipinski definition) is 1. The lowest BCUT2D eigenvalue weighted by atomic mass is 10.3. The summed E-state index contributed by atoms with van der Waals surface area (Å²) in [7, 11) is -0.0910. The minimum absolute atomic E-state index is 0.0512. The Hall–Kier alpha value is 0.180. The summed E-state index contributed by atoms with van der Waals surface area (Å²) in [6, 6.07) is 0.0512. The second-order valence-electron chi connectivity index (χ2n) is 4.01. The average molecular weight is 283 g/mol. The Morgan fingerprint density at radius 1 is 1.35 bits per heavy atom. The SMILES string of the molecule is CCC(CSC)N(C)S(=O)(=O)N(C)CCCN. The Bertz CT molecular complexity index is 296. The molecule has 0 spiro atoms. The Labute approximate surface area is 110 Å². The first kappa shape index (κ1) is 17.2. The first-order valence-electron chi connectivity index (χ1n) is 5.80. The van der Waals surface area contributed by atoms with E-state index >= 15 is 0 Å². The highest BCUT2D eigenvalue weighted by Gasteiger charge is 2.28. The summed E-state index contributed by atoms with van der Waals surface area (Å²) in [5.41, 5.74) is 5.39. The van der Waals surface area contributed by atoms with Gasteiger partial charge in [-0.3, -0.25) is 0 Å². The molecule has 0 aromatic heterocycles. The van der Waals surface area contributed by atoms with E-state index in [1.165, 1.54) is 8.61 Å². The number of nitrogens with zero attached hydrogens (tertiary/aromatic N) is 2. The number of nitrogens with two attached hydrogens (primary N) is 1. The molecule has 0 radical (unpaired) electrons. The molecule has 2 N–H and O–H groups in total. The maximum atomic E-state index is 12.2. The summed E-state index contributed by atoms with van der Waals surface area (Å²) >= 11 is 1.66. The van der Waals surface area contributed by atoms with E-state index < -0.39 is 10.2 Å².